The van der Waals surface area contributed by atoms with Crippen molar-refractivity contribution >= 4 is 5.91 Å². The Kier molecular flexibility index (Phi) is 5.67. The second kappa shape index (κ2) is 7.10. The van der Waals surface area contributed by atoms with Crippen LogP contribution in [0.5, 0.6) is 0 Å². The Morgan fingerprint density at radius 3 is 2.52 bits per heavy atom. The van der Waals surface area contributed by atoms with Crippen LogP contribution in [-0.2, 0) is 4.79 Å². The van der Waals surface area contributed by atoms with Crippen molar-refractivity contribution in [2.75, 3.05) is 26.7 Å². The van der Waals surface area contributed by atoms with Gasteiger partial charge in [0, 0.05) is 32.2 Å². The van der Waals surface area contributed by atoms with Crippen molar-refractivity contribution < 1.29 is 4.79 Å². The van der Waals surface area contributed by atoms with Crippen molar-refractivity contribution in [3.05, 3.63) is 0 Å². The first kappa shape index (κ1) is 16.8. The molecule has 1 atom stereocenters. The molecule has 0 aliphatic carbocycles. The minimum atomic E-state index is -0.265. The Morgan fingerprint density at radius 2 is 2.05 bits per heavy atom. The van der Waals surface area contributed by atoms with Crippen molar-refractivity contribution in [1.29, 1.82) is 0 Å². The molecule has 122 valence electrons. The highest BCUT2D eigenvalue weighted by Gasteiger charge is 2.43. The van der Waals surface area contributed by atoms with E-state index in [1.807, 2.05) is 7.05 Å². The number of piperidine rings is 1. The molecule has 1 amide bonds. The Bertz CT molecular complexity index is 342. The number of nitrogens with zero attached hydrogens (tertiary/aromatic N) is 2. The van der Waals surface area contributed by atoms with Crippen LogP contribution in [0.4, 0.5) is 0 Å². The maximum Gasteiger partial charge on any atom is 0.242 e. The molecule has 2 fully saturated rings. The van der Waals surface area contributed by atoms with E-state index in [-0.39, 0.29) is 5.54 Å². The molecule has 2 rings (SSSR count). The van der Waals surface area contributed by atoms with Gasteiger partial charge < -0.3 is 15.1 Å². The summed E-state index contributed by atoms with van der Waals surface area (Å²) < 4.78 is 0. The molecule has 1 unspecified atom stereocenters. The van der Waals surface area contributed by atoms with Gasteiger partial charge in [0.05, 0.1) is 5.54 Å². The van der Waals surface area contributed by atoms with Gasteiger partial charge in [0.25, 0.3) is 0 Å². The van der Waals surface area contributed by atoms with Gasteiger partial charge >= 0.3 is 0 Å². The Labute approximate surface area is 130 Å². The molecule has 2 saturated heterocycles. The van der Waals surface area contributed by atoms with Gasteiger partial charge in [0.2, 0.25) is 5.91 Å². The highest BCUT2D eigenvalue weighted by molar-refractivity contribution is 5.86. The molecule has 0 radical (unpaired) electrons. The Morgan fingerprint density at radius 1 is 1.38 bits per heavy atom. The van der Waals surface area contributed by atoms with Crippen LogP contribution in [0.15, 0.2) is 0 Å². The molecule has 0 aromatic rings. The fraction of sp³-hybridized carbons (Fsp3) is 0.941. The number of hydrogen-bond acceptors (Lipinski definition) is 3. The molecular weight excluding hydrogens is 262 g/mol. The lowest BCUT2D eigenvalue weighted by molar-refractivity contribution is -0.140. The van der Waals surface area contributed by atoms with Crippen LogP contribution in [0, 0.1) is 0 Å². The molecule has 2 aliphatic heterocycles. The predicted molar refractivity (Wildman–Crippen MR) is 87.4 cm³/mol. The molecular formula is C17H33N3O. The van der Waals surface area contributed by atoms with E-state index in [1.165, 1.54) is 0 Å². The molecule has 0 aromatic heterocycles. The number of likely N-dealkylation sites (N-methyl/N-ethyl adjacent to an activating group) is 1. The molecule has 4 heteroatoms. The quantitative estimate of drug-likeness (QED) is 0.845. The third-order valence-electron chi connectivity index (χ3n) is 5.43. The summed E-state index contributed by atoms with van der Waals surface area (Å²) in [6, 6.07) is 1.04. The van der Waals surface area contributed by atoms with Crippen LogP contribution in [0.1, 0.15) is 59.3 Å². The number of hydrogen-bond donors (Lipinski definition) is 1. The second-order valence-corrected chi connectivity index (χ2v) is 7.14. The van der Waals surface area contributed by atoms with Gasteiger partial charge in [-0.1, -0.05) is 13.3 Å². The number of carbonyl (C=O) groups is 1. The number of carbonyl (C=O) groups excluding carboxylic acids is 1. The second-order valence-electron chi connectivity index (χ2n) is 7.14. The van der Waals surface area contributed by atoms with Crippen LogP contribution in [0.2, 0.25) is 0 Å². The highest BCUT2D eigenvalue weighted by Crippen LogP contribution is 2.29. The molecule has 4 nitrogen and oxygen atoms in total. The summed E-state index contributed by atoms with van der Waals surface area (Å²) in [6.07, 6.45) is 6.41. The molecule has 0 spiro atoms. The Hall–Kier alpha value is -0.610. The topological polar surface area (TPSA) is 35.6 Å². The van der Waals surface area contributed by atoms with Crippen LogP contribution >= 0.6 is 0 Å². The molecule has 21 heavy (non-hydrogen) atoms. The molecule has 2 aliphatic rings. The van der Waals surface area contributed by atoms with E-state index < -0.39 is 0 Å². The lowest BCUT2D eigenvalue weighted by atomic mass is 9.89. The zero-order valence-corrected chi connectivity index (χ0v) is 14.3. The summed E-state index contributed by atoms with van der Waals surface area (Å²) in [5, 5.41) is 3.52. The predicted octanol–water partition coefficient (Wildman–Crippen LogP) is 2.24. The minimum absolute atomic E-state index is 0.265. The van der Waals surface area contributed by atoms with Gasteiger partial charge in [-0.25, -0.2) is 0 Å². The summed E-state index contributed by atoms with van der Waals surface area (Å²) in [7, 11) is 2.02. The molecule has 0 aromatic carbocycles. The smallest absolute Gasteiger partial charge is 0.242 e. The van der Waals surface area contributed by atoms with E-state index in [0.717, 1.165) is 58.2 Å². The third-order valence-corrected chi connectivity index (χ3v) is 5.43. The van der Waals surface area contributed by atoms with E-state index in [4.69, 9.17) is 0 Å². The molecule has 0 saturated carbocycles. The van der Waals surface area contributed by atoms with Gasteiger partial charge in [-0.15, -0.1) is 0 Å². The largest absolute Gasteiger partial charge is 0.341 e. The van der Waals surface area contributed by atoms with Gasteiger partial charge in [-0.05, 0) is 52.5 Å². The van der Waals surface area contributed by atoms with Crippen molar-refractivity contribution in [2.24, 2.45) is 0 Å². The standard InChI is InChI=1S/C17H33N3O/c1-5-9-17(10-6-11-18-17)16(21)19(4)15-7-12-20(13-8-15)14(2)3/h14-15,18H,5-13H2,1-4H3. The summed E-state index contributed by atoms with van der Waals surface area (Å²) >= 11 is 0. The van der Waals surface area contributed by atoms with Crippen molar-refractivity contribution in [1.82, 2.24) is 15.1 Å². The number of likely N-dealkylation sites (tertiary alicyclic amines) is 1. The molecule has 2 heterocycles. The molecule has 1 N–H and O–H groups in total. The van der Waals surface area contributed by atoms with Crippen LogP contribution < -0.4 is 5.32 Å². The zero-order valence-electron chi connectivity index (χ0n) is 14.3. The fourth-order valence-corrected chi connectivity index (χ4v) is 4.03. The summed E-state index contributed by atoms with van der Waals surface area (Å²) in [5.74, 6) is 0.338. The minimum Gasteiger partial charge on any atom is -0.341 e. The summed E-state index contributed by atoms with van der Waals surface area (Å²) in [5.41, 5.74) is -0.265. The lowest BCUT2D eigenvalue weighted by Crippen LogP contribution is -2.57. The van der Waals surface area contributed by atoms with E-state index in [0.29, 0.717) is 18.0 Å². The summed E-state index contributed by atoms with van der Waals surface area (Å²) in [6.45, 7) is 9.92. The van der Waals surface area contributed by atoms with Crippen molar-refractivity contribution in [3.63, 3.8) is 0 Å². The van der Waals surface area contributed by atoms with Gasteiger partial charge in [-0.2, -0.15) is 0 Å². The van der Waals surface area contributed by atoms with E-state index in [2.05, 4.69) is 35.9 Å². The Balaban J connectivity index is 1.96. The average Bonchev–Trinajstić information content (AvgIpc) is 2.96. The monoisotopic (exact) mass is 295 g/mol. The SMILES string of the molecule is CCCC1(C(=O)N(C)C2CCN(C(C)C)CC2)CCCN1. The molecule has 0 bridgehead atoms. The van der Waals surface area contributed by atoms with E-state index in [9.17, 15) is 4.79 Å². The zero-order chi connectivity index (χ0) is 15.5. The number of nitrogens with one attached hydrogen (secondary N) is 1. The number of amides is 1. The van der Waals surface area contributed by atoms with E-state index >= 15 is 0 Å². The van der Waals surface area contributed by atoms with Gasteiger partial charge in [0.15, 0.2) is 0 Å². The van der Waals surface area contributed by atoms with Crippen LogP contribution in [-0.4, -0.2) is 60.0 Å². The first-order chi connectivity index (χ1) is 10.00. The van der Waals surface area contributed by atoms with Crippen molar-refractivity contribution in [3.8, 4) is 0 Å². The first-order valence-electron chi connectivity index (χ1n) is 8.76. The van der Waals surface area contributed by atoms with Gasteiger partial charge in [0.1, 0.15) is 0 Å². The van der Waals surface area contributed by atoms with Crippen molar-refractivity contribution in [2.45, 2.75) is 76.9 Å². The fourth-order valence-electron chi connectivity index (χ4n) is 4.03. The average molecular weight is 295 g/mol. The third kappa shape index (κ3) is 3.59. The maximum atomic E-state index is 13.0. The summed E-state index contributed by atoms with van der Waals surface area (Å²) in [4.78, 5) is 17.6. The lowest BCUT2D eigenvalue weighted by Gasteiger charge is -2.41. The maximum absolute atomic E-state index is 13.0. The van der Waals surface area contributed by atoms with Crippen LogP contribution in [0.25, 0.3) is 0 Å². The highest BCUT2D eigenvalue weighted by atomic mass is 16.2. The van der Waals surface area contributed by atoms with Crippen LogP contribution in [0.3, 0.4) is 0 Å². The van der Waals surface area contributed by atoms with E-state index in [1.54, 1.807) is 0 Å². The normalized spacial score (nSPS) is 28.2. The van der Waals surface area contributed by atoms with Gasteiger partial charge in [-0.3, -0.25) is 4.79 Å². The number of rotatable bonds is 5. The first-order valence-corrected chi connectivity index (χ1v) is 8.76.